The number of ether oxygens (including phenoxy) is 2. The molecule has 0 bridgehead atoms. The molecule has 0 aliphatic carbocycles. The van der Waals surface area contributed by atoms with Crippen LogP contribution >= 0.6 is 35.3 Å². The zero-order valence-corrected chi connectivity index (χ0v) is 46.7. The third kappa shape index (κ3) is 12.0. The van der Waals surface area contributed by atoms with E-state index in [1.54, 1.807) is 95.9 Å². The van der Waals surface area contributed by atoms with E-state index in [0.717, 1.165) is 55.5 Å². The van der Waals surface area contributed by atoms with Gasteiger partial charge in [0.2, 0.25) is 19.7 Å². The molecule has 8 aromatic carbocycles. The first-order valence-corrected chi connectivity index (χ1v) is 30.3. The molecular weight excluding hydrogens is 1000 g/mol. The molecule has 0 amide bonds. The molecule has 376 valence electrons. The molecule has 2 unspecified atom stereocenters. The first-order chi connectivity index (χ1) is 34.9. The number of hydrogen-bond donors (Lipinski definition) is 0. The Labute approximate surface area is 446 Å². The van der Waals surface area contributed by atoms with Crippen LogP contribution in [-0.2, 0) is 30.5 Å². The standard InChI is InChI=1S/C62H62O6S5/c1-9-60(4,5)46-16-36-56(37-17-46)72(63,64)58-40-24-49(25-41-58)67-48-20-12-44(13-21-48)45-14-22-50(23-15-45)68-62(7,11-3)61(6,10-2)47-18-38-57(39-19-47)73(65,66)59-42-34-55(35-43-59)71-54-32-30-53(31-33-54)70-52-28-26-51(69-8)27-29-52/h12-43H,9-11H2,1-8H3. The van der Waals surface area contributed by atoms with Crippen LogP contribution in [-0.4, -0.2) is 28.7 Å². The highest BCUT2D eigenvalue weighted by Crippen LogP contribution is 2.44. The van der Waals surface area contributed by atoms with Crippen LogP contribution < -0.4 is 9.47 Å². The number of hydrogen-bond acceptors (Lipinski definition) is 9. The van der Waals surface area contributed by atoms with E-state index in [9.17, 15) is 16.8 Å². The quantitative estimate of drug-likeness (QED) is 0.0693. The highest BCUT2D eigenvalue weighted by atomic mass is 32.2. The van der Waals surface area contributed by atoms with E-state index >= 15 is 0 Å². The lowest BCUT2D eigenvalue weighted by atomic mass is 9.66. The minimum atomic E-state index is -3.76. The van der Waals surface area contributed by atoms with E-state index in [-0.39, 0.29) is 25.0 Å². The van der Waals surface area contributed by atoms with Gasteiger partial charge < -0.3 is 9.47 Å². The molecule has 0 spiro atoms. The van der Waals surface area contributed by atoms with Crippen LogP contribution in [0.3, 0.4) is 0 Å². The summed E-state index contributed by atoms with van der Waals surface area (Å²) in [6, 6.07) is 60.9. The van der Waals surface area contributed by atoms with Gasteiger partial charge in [-0.2, -0.15) is 0 Å². The van der Waals surface area contributed by atoms with Gasteiger partial charge >= 0.3 is 0 Å². The first kappa shape index (κ1) is 53.6. The first-order valence-electron chi connectivity index (χ1n) is 24.5. The molecule has 73 heavy (non-hydrogen) atoms. The van der Waals surface area contributed by atoms with Gasteiger partial charge in [-0.1, -0.05) is 114 Å². The van der Waals surface area contributed by atoms with Crippen molar-refractivity contribution in [3.05, 3.63) is 205 Å². The summed E-state index contributed by atoms with van der Waals surface area (Å²) in [5.41, 5.74) is 3.00. The molecule has 0 saturated carbocycles. The normalized spacial score (nSPS) is 13.7. The van der Waals surface area contributed by atoms with Gasteiger partial charge in [-0.15, -0.1) is 11.8 Å². The molecule has 8 aromatic rings. The zero-order valence-electron chi connectivity index (χ0n) is 42.6. The number of thioether (sulfide) groups is 1. The average Bonchev–Trinajstić information content (AvgIpc) is 3.42. The largest absolute Gasteiger partial charge is 0.487 e. The third-order valence-electron chi connectivity index (χ3n) is 14.4. The molecular formula is C62H62O6S5. The topological polar surface area (TPSA) is 86.7 Å². The SMILES string of the molecule is CCC(C)(C)c1ccc(S(=O)(=O)c2ccc(Oc3ccc(-c4ccc(OC(C)(CC)C(C)(CC)c5ccc(S(=O)(=O)c6ccc(Sc7ccc(Sc8ccc(SC)cc8)cc7)cc6)cc5)cc4)cc3)cc2)cc1. The predicted octanol–water partition coefficient (Wildman–Crippen LogP) is 17.4. The molecule has 6 nitrogen and oxygen atoms in total. The lowest BCUT2D eigenvalue weighted by Crippen LogP contribution is -2.51. The van der Waals surface area contributed by atoms with Crippen molar-refractivity contribution in [1.29, 1.82) is 0 Å². The van der Waals surface area contributed by atoms with E-state index in [1.807, 2.05) is 84.9 Å². The van der Waals surface area contributed by atoms with Gasteiger partial charge in [-0.3, -0.25) is 0 Å². The average molecular weight is 1060 g/mol. The van der Waals surface area contributed by atoms with Gasteiger partial charge in [0.25, 0.3) is 0 Å². The second-order valence-corrected chi connectivity index (χ2v) is 26.2. The fourth-order valence-electron chi connectivity index (χ4n) is 8.71. The van der Waals surface area contributed by atoms with Crippen LogP contribution in [0.15, 0.2) is 238 Å². The Morgan fingerprint density at radius 1 is 0.384 bits per heavy atom. The van der Waals surface area contributed by atoms with Gasteiger partial charge in [0.1, 0.15) is 22.8 Å². The number of benzene rings is 8. The fraction of sp³-hybridized carbons (Fsp3) is 0.226. The second-order valence-electron chi connectivity index (χ2n) is 19.1. The van der Waals surface area contributed by atoms with E-state index in [4.69, 9.17) is 9.47 Å². The van der Waals surface area contributed by atoms with Crippen molar-refractivity contribution in [3.63, 3.8) is 0 Å². The van der Waals surface area contributed by atoms with Crippen molar-refractivity contribution in [1.82, 2.24) is 0 Å². The highest BCUT2D eigenvalue weighted by molar-refractivity contribution is 8.00. The maximum Gasteiger partial charge on any atom is 0.206 e. The van der Waals surface area contributed by atoms with E-state index in [2.05, 4.69) is 103 Å². The van der Waals surface area contributed by atoms with Crippen molar-refractivity contribution in [2.45, 2.75) is 128 Å². The molecule has 0 heterocycles. The fourth-order valence-corrected chi connectivity index (χ4v) is 13.3. The molecule has 0 aliphatic rings. The smallest absolute Gasteiger partial charge is 0.206 e. The van der Waals surface area contributed by atoms with Gasteiger partial charge in [0.15, 0.2) is 0 Å². The van der Waals surface area contributed by atoms with Crippen LogP contribution in [0.2, 0.25) is 0 Å². The summed E-state index contributed by atoms with van der Waals surface area (Å²) in [6.07, 6.45) is 4.51. The number of rotatable bonds is 20. The lowest BCUT2D eigenvalue weighted by Gasteiger charge is -2.46. The van der Waals surface area contributed by atoms with E-state index in [0.29, 0.717) is 17.9 Å². The summed E-state index contributed by atoms with van der Waals surface area (Å²) in [5.74, 6) is 1.90. The summed E-state index contributed by atoms with van der Waals surface area (Å²) in [5, 5.41) is 0. The Bertz CT molecular complexity index is 3340. The van der Waals surface area contributed by atoms with Gasteiger partial charge in [0.05, 0.1) is 19.6 Å². The monoisotopic (exact) mass is 1060 g/mol. The zero-order chi connectivity index (χ0) is 52.0. The summed E-state index contributed by atoms with van der Waals surface area (Å²) < 4.78 is 67.7. The van der Waals surface area contributed by atoms with Gasteiger partial charge in [-0.25, -0.2) is 16.8 Å². The second kappa shape index (κ2) is 22.4. The Hall–Kier alpha value is -5.69. The lowest BCUT2D eigenvalue weighted by molar-refractivity contribution is 0.00303. The van der Waals surface area contributed by atoms with Crippen LogP contribution in [0.1, 0.15) is 78.9 Å². The van der Waals surface area contributed by atoms with Crippen molar-refractivity contribution >= 4 is 55.0 Å². The minimum absolute atomic E-state index is 0.0294. The Balaban J connectivity index is 0.873. The maximum atomic E-state index is 13.9. The highest BCUT2D eigenvalue weighted by Gasteiger charge is 2.46. The van der Waals surface area contributed by atoms with Crippen molar-refractivity contribution in [3.8, 4) is 28.4 Å². The van der Waals surface area contributed by atoms with Crippen molar-refractivity contribution in [2.24, 2.45) is 0 Å². The molecule has 0 radical (unpaired) electrons. The Kier molecular flexibility index (Phi) is 16.5. The molecule has 0 fully saturated rings. The Morgan fingerprint density at radius 3 is 1.08 bits per heavy atom. The van der Waals surface area contributed by atoms with Gasteiger partial charge in [-0.05, 0) is 206 Å². The van der Waals surface area contributed by atoms with Crippen molar-refractivity contribution in [2.75, 3.05) is 6.26 Å². The molecule has 2 atom stereocenters. The molecule has 0 saturated heterocycles. The summed E-state index contributed by atoms with van der Waals surface area (Å²) in [6.45, 7) is 15.0. The minimum Gasteiger partial charge on any atom is -0.487 e. The summed E-state index contributed by atoms with van der Waals surface area (Å²) in [4.78, 5) is 6.61. The molecule has 8 rings (SSSR count). The summed E-state index contributed by atoms with van der Waals surface area (Å²) in [7, 11) is -7.44. The third-order valence-corrected chi connectivity index (χ3v) is 20.8. The van der Waals surface area contributed by atoms with Crippen LogP contribution in [0.5, 0.6) is 17.2 Å². The van der Waals surface area contributed by atoms with Gasteiger partial charge in [0, 0.05) is 29.9 Å². The molecule has 0 N–H and O–H groups in total. The van der Waals surface area contributed by atoms with Crippen LogP contribution in [0, 0.1) is 0 Å². The predicted molar refractivity (Wildman–Crippen MR) is 302 cm³/mol. The van der Waals surface area contributed by atoms with Crippen LogP contribution in [0.4, 0.5) is 0 Å². The maximum absolute atomic E-state index is 13.9. The molecule has 11 heteroatoms. The van der Waals surface area contributed by atoms with Crippen LogP contribution in [0.25, 0.3) is 11.1 Å². The molecule has 0 aromatic heterocycles. The summed E-state index contributed by atoms with van der Waals surface area (Å²) >= 11 is 5.06. The van der Waals surface area contributed by atoms with E-state index in [1.165, 1.54) is 9.79 Å². The Morgan fingerprint density at radius 2 is 0.712 bits per heavy atom. The van der Waals surface area contributed by atoms with E-state index < -0.39 is 30.7 Å². The molecule has 0 aliphatic heterocycles. The van der Waals surface area contributed by atoms with Crippen molar-refractivity contribution < 1.29 is 26.3 Å². The number of sulfone groups is 2.